The molecule has 0 amide bonds. The highest BCUT2D eigenvalue weighted by Gasteiger charge is 2.18. The van der Waals surface area contributed by atoms with Crippen LogP contribution in [0.2, 0.25) is 0 Å². The Labute approximate surface area is 114 Å². The van der Waals surface area contributed by atoms with Crippen molar-refractivity contribution in [1.29, 1.82) is 5.26 Å². The molecule has 0 aromatic heterocycles. The average Bonchev–Trinajstić information content (AvgIpc) is 2.37. The Morgan fingerprint density at radius 3 is 2.67 bits per heavy atom. The maximum atomic E-state index is 11.7. The van der Waals surface area contributed by atoms with E-state index in [1.807, 2.05) is 6.07 Å². The third kappa shape index (κ3) is 3.17. The number of ether oxygens (including phenoxy) is 1. The van der Waals surface area contributed by atoms with Crippen LogP contribution in [0.1, 0.15) is 40.2 Å². The van der Waals surface area contributed by atoms with E-state index in [0.717, 1.165) is 0 Å². The van der Waals surface area contributed by atoms with Gasteiger partial charge in [-0.1, -0.05) is 22.0 Å². The van der Waals surface area contributed by atoms with Gasteiger partial charge in [0.05, 0.1) is 22.6 Å². The van der Waals surface area contributed by atoms with Gasteiger partial charge in [0.15, 0.2) is 0 Å². The Morgan fingerprint density at radius 1 is 1.50 bits per heavy atom. The van der Waals surface area contributed by atoms with Gasteiger partial charge in [-0.2, -0.15) is 5.26 Å². The molecule has 0 radical (unpaired) electrons. The Morgan fingerprint density at radius 2 is 2.17 bits per heavy atom. The lowest BCUT2D eigenvalue weighted by Crippen LogP contribution is -2.09. The Hall–Kier alpha value is -1.67. The molecule has 1 unspecified atom stereocenters. The third-order valence-corrected chi connectivity index (χ3v) is 3.48. The van der Waals surface area contributed by atoms with Crippen LogP contribution in [0, 0.1) is 11.3 Å². The lowest BCUT2D eigenvalue weighted by Gasteiger charge is -2.09. The van der Waals surface area contributed by atoms with Crippen LogP contribution >= 0.6 is 15.9 Å². The SMILES string of the molecule is CCOC(=O)c1cc(C(Br)C(C)=O)ccc1C#N. The van der Waals surface area contributed by atoms with Crippen LogP contribution in [0.3, 0.4) is 0 Å². The van der Waals surface area contributed by atoms with Crippen molar-refractivity contribution in [3.63, 3.8) is 0 Å². The van der Waals surface area contributed by atoms with E-state index in [4.69, 9.17) is 10.00 Å². The number of hydrogen-bond acceptors (Lipinski definition) is 4. The minimum atomic E-state index is -0.556. The van der Waals surface area contributed by atoms with Crippen LogP contribution in [-0.2, 0) is 9.53 Å². The zero-order chi connectivity index (χ0) is 13.7. The van der Waals surface area contributed by atoms with Crippen molar-refractivity contribution < 1.29 is 14.3 Å². The van der Waals surface area contributed by atoms with Crippen molar-refractivity contribution >= 4 is 27.7 Å². The van der Waals surface area contributed by atoms with Gasteiger partial charge < -0.3 is 4.74 Å². The Bertz CT molecular complexity index is 519. The summed E-state index contributed by atoms with van der Waals surface area (Å²) in [6.45, 7) is 3.37. The molecule has 1 atom stereocenters. The Balaban J connectivity index is 3.22. The first-order valence-electron chi connectivity index (χ1n) is 5.37. The molecule has 0 saturated heterocycles. The molecule has 4 nitrogen and oxygen atoms in total. The number of ketones is 1. The molecule has 94 valence electrons. The van der Waals surface area contributed by atoms with Crippen molar-refractivity contribution in [2.75, 3.05) is 6.61 Å². The van der Waals surface area contributed by atoms with E-state index < -0.39 is 10.8 Å². The third-order valence-electron chi connectivity index (χ3n) is 2.31. The normalized spacial score (nSPS) is 11.4. The number of esters is 1. The molecule has 0 heterocycles. The van der Waals surface area contributed by atoms with E-state index in [0.29, 0.717) is 5.56 Å². The summed E-state index contributed by atoms with van der Waals surface area (Å²) in [6.07, 6.45) is 0. The molecular weight excluding hydrogens is 298 g/mol. The summed E-state index contributed by atoms with van der Waals surface area (Å²) in [5.74, 6) is -0.631. The molecule has 0 spiro atoms. The number of Topliss-reactive ketones (excluding diaryl/α,β-unsaturated/α-hetero) is 1. The van der Waals surface area contributed by atoms with Gasteiger partial charge in [-0.25, -0.2) is 4.79 Å². The van der Waals surface area contributed by atoms with Gasteiger partial charge in [0.25, 0.3) is 0 Å². The van der Waals surface area contributed by atoms with Crippen LogP contribution in [0.15, 0.2) is 18.2 Å². The van der Waals surface area contributed by atoms with Crippen molar-refractivity contribution in [2.45, 2.75) is 18.7 Å². The van der Waals surface area contributed by atoms with Gasteiger partial charge in [0.2, 0.25) is 0 Å². The molecule has 18 heavy (non-hydrogen) atoms. The number of carbonyl (C=O) groups excluding carboxylic acids is 2. The second-order valence-electron chi connectivity index (χ2n) is 3.61. The maximum absolute atomic E-state index is 11.7. The highest BCUT2D eigenvalue weighted by Crippen LogP contribution is 2.26. The summed E-state index contributed by atoms with van der Waals surface area (Å²) >= 11 is 3.23. The number of nitrogens with zero attached hydrogens (tertiary/aromatic N) is 1. The fourth-order valence-corrected chi connectivity index (χ4v) is 1.71. The van der Waals surface area contributed by atoms with Crippen molar-refractivity contribution in [2.24, 2.45) is 0 Å². The number of halogens is 1. The molecule has 1 rings (SSSR count). The minimum absolute atomic E-state index is 0.0745. The molecule has 0 fully saturated rings. The summed E-state index contributed by atoms with van der Waals surface area (Å²) in [5, 5.41) is 8.94. The largest absolute Gasteiger partial charge is 0.462 e. The second-order valence-corrected chi connectivity index (χ2v) is 4.53. The van der Waals surface area contributed by atoms with Gasteiger partial charge in [0.1, 0.15) is 11.9 Å². The average molecular weight is 310 g/mol. The van der Waals surface area contributed by atoms with Crippen molar-refractivity contribution in [3.05, 3.63) is 34.9 Å². The molecule has 0 saturated carbocycles. The lowest BCUT2D eigenvalue weighted by molar-refractivity contribution is -0.116. The predicted molar refractivity (Wildman–Crippen MR) is 69.5 cm³/mol. The zero-order valence-corrected chi connectivity index (χ0v) is 11.7. The van der Waals surface area contributed by atoms with Gasteiger partial charge in [0, 0.05) is 0 Å². The van der Waals surface area contributed by atoms with Gasteiger partial charge in [-0.15, -0.1) is 0 Å². The smallest absolute Gasteiger partial charge is 0.339 e. The molecule has 0 aliphatic rings. The van der Waals surface area contributed by atoms with Gasteiger partial charge >= 0.3 is 5.97 Å². The van der Waals surface area contributed by atoms with E-state index in [1.54, 1.807) is 13.0 Å². The summed E-state index contributed by atoms with van der Waals surface area (Å²) in [5.41, 5.74) is 1.05. The number of hydrogen-bond donors (Lipinski definition) is 0. The Kier molecular flexibility index (Phi) is 5.05. The van der Waals surface area contributed by atoms with Crippen LogP contribution < -0.4 is 0 Å². The summed E-state index contributed by atoms with van der Waals surface area (Å²) in [7, 11) is 0. The van der Waals surface area contributed by atoms with Crippen LogP contribution in [0.25, 0.3) is 0 Å². The highest BCUT2D eigenvalue weighted by atomic mass is 79.9. The lowest BCUT2D eigenvalue weighted by atomic mass is 10.0. The van der Waals surface area contributed by atoms with Crippen molar-refractivity contribution in [3.8, 4) is 6.07 Å². The first kappa shape index (κ1) is 14.4. The minimum Gasteiger partial charge on any atom is -0.462 e. The molecular formula is C13H12BrNO3. The number of alkyl halides is 1. The fraction of sp³-hybridized carbons (Fsp3) is 0.308. The second kappa shape index (κ2) is 6.31. The summed E-state index contributed by atoms with van der Waals surface area (Å²) in [6, 6.07) is 6.59. The maximum Gasteiger partial charge on any atom is 0.339 e. The number of nitriles is 1. The molecule has 0 N–H and O–H groups in total. The van der Waals surface area contributed by atoms with E-state index in [9.17, 15) is 9.59 Å². The zero-order valence-electron chi connectivity index (χ0n) is 10.1. The topological polar surface area (TPSA) is 67.2 Å². The molecule has 0 aliphatic heterocycles. The standard InChI is InChI=1S/C13H12BrNO3/c1-3-18-13(17)11-6-9(12(14)8(2)16)4-5-10(11)7-15/h4-6,12H,3H2,1-2H3. The first-order valence-corrected chi connectivity index (χ1v) is 6.28. The molecule has 5 heteroatoms. The van der Waals surface area contributed by atoms with Crippen LogP contribution in [-0.4, -0.2) is 18.4 Å². The summed E-state index contributed by atoms with van der Waals surface area (Å²) in [4.78, 5) is 22.5. The molecule has 1 aromatic carbocycles. The number of benzene rings is 1. The van der Waals surface area contributed by atoms with E-state index >= 15 is 0 Å². The first-order chi connectivity index (χ1) is 8.51. The molecule has 1 aromatic rings. The van der Waals surface area contributed by atoms with Gasteiger partial charge in [-0.05, 0) is 31.5 Å². The number of rotatable bonds is 4. The quantitative estimate of drug-likeness (QED) is 0.633. The molecule has 0 aliphatic carbocycles. The van der Waals surface area contributed by atoms with Crippen LogP contribution in [0.5, 0.6) is 0 Å². The number of carbonyl (C=O) groups is 2. The van der Waals surface area contributed by atoms with E-state index in [1.165, 1.54) is 19.1 Å². The monoisotopic (exact) mass is 309 g/mol. The highest BCUT2D eigenvalue weighted by molar-refractivity contribution is 9.09. The van der Waals surface area contributed by atoms with Crippen LogP contribution in [0.4, 0.5) is 0 Å². The predicted octanol–water partition coefficient (Wildman–Crippen LogP) is 2.76. The fourth-order valence-electron chi connectivity index (χ4n) is 1.43. The van der Waals surface area contributed by atoms with Crippen molar-refractivity contribution in [1.82, 2.24) is 0 Å². The van der Waals surface area contributed by atoms with E-state index in [-0.39, 0.29) is 23.5 Å². The summed E-state index contributed by atoms with van der Waals surface area (Å²) < 4.78 is 4.88. The van der Waals surface area contributed by atoms with E-state index in [2.05, 4.69) is 15.9 Å². The van der Waals surface area contributed by atoms with Gasteiger partial charge in [-0.3, -0.25) is 4.79 Å². The molecule has 0 bridgehead atoms.